The van der Waals surface area contributed by atoms with E-state index >= 15 is 0 Å². The van der Waals surface area contributed by atoms with E-state index in [0.29, 0.717) is 6.42 Å². The van der Waals surface area contributed by atoms with Crippen LogP contribution >= 0.6 is 0 Å². The van der Waals surface area contributed by atoms with Gasteiger partial charge in [0.25, 0.3) is 5.91 Å². The molecule has 0 unspecified atom stereocenters. The summed E-state index contributed by atoms with van der Waals surface area (Å²) >= 11 is 0. The summed E-state index contributed by atoms with van der Waals surface area (Å²) in [5, 5.41) is 9.38. The Bertz CT molecular complexity index is 190. The number of aliphatic hydroxyl groups is 1. The molecule has 0 aromatic heterocycles. The van der Waals surface area contributed by atoms with E-state index in [-0.39, 0.29) is 13.1 Å². The average Bonchev–Trinajstić information content (AvgIpc) is 1.97. The molecule has 0 spiro atoms. The normalized spacial score (nSPS) is 20.9. The van der Waals surface area contributed by atoms with Gasteiger partial charge in [-0.05, 0) is 6.42 Å². The summed E-state index contributed by atoms with van der Waals surface area (Å²) in [4.78, 5) is 11.6. The molecule has 1 amide bonds. The molecule has 70 valence electrons. The number of amides is 1. The van der Waals surface area contributed by atoms with Gasteiger partial charge in [-0.15, -0.1) is 0 Å². The number of likely N-dealkylation sites (tertiary alicyclic amines) is 1. The number of alkyl halides is 2. The minimum Gasteiger partial charge on any atom is -0.386 e. The van der Waals surface area contributed by atoms with Crippen LogP contribution in [0.3, 0.4) is 0 Å². The molecule has 0 bridgehead atoms. The Morgan fingerprint density at radius 1 is 1.67 bits per heavy atom. The second kappa shape index (κ2) is 2.97. The molecule has 1 heterocycles. The summed E-state index contributed by atoms with van der Waals surface area (Å²) in [5.74, 6) is -1.19. The van der Waals surface area contributed by atoms with Gasteiger partial charge in [0.1, 0.15) is 0 Å². The summed E-state index contributed by atoms with van der Waals surface area (Å²) in [6.07, 6.45) is -2.47. The zero-order chi connectivity index (χ0) is 9.35. The van der Waals surface area contributed by atoms with Crippen LogP contribution in [-0.2, 0) is 4.79 Å². The number of halogens is 2. The van der Waals surface area contributed by atoms with Crippen molar-refractivity contribution in [1.29, 1.82) is 0 Å². The van der Waals surface area contributed by atoms with Gasteiger partial charge in [0.2, 0.25) is 0 Å². The summed E-state index contributed by atoms with van der Waals surface area (Å²) in [6.45, 7) is 1.82. The minimum absolute atomic E-state index is 0.0344. The predicted octanol–water partition coefficient (Wildman–Crippen LogP) is 0.235. The van der Waals surface area contributed by atoms with Gasteiger partial charge in [-0.1, -0.05) is 6.92 Å². The second-order valence-corrected chi connectivity index (χ2v) is 3.07. The fraction of sp³-hybridized carbons (Fsp3) is 0.857. The molecular weight excluding hydrogens is 168 g/mol. The number of nitrogens with zero attached hydrogens (tertiary/aromatic N) is 1. The molecule has 0 aliphatic carbocycles. The van der Waals surface area contributed by atoms with Crippen molar-refractivity contribution in [3.8, 4) is 0 Å². The molecule has 1 N–H and O–H groups in total. The Kier molecular flexibility index (Phi) is 2.32. The van der Waals surface area contributed by atoms with E-state index in [1.165, 1.54) is 0 Å². The van der Waals surface area contributed by atoms with Gasteiger partial charge in [-0.2, -0.15) is 8.78 Å². The highest BCUT2D eigenvalue weighted by Gasteiger charge is 2.43. The van der Waals surface area contributed by atoms with Crippen LogP contribution in [0.1, 0.15) is 13.3 Å². The third kappa shape index (κ3) is 1.55. The van der Waals surface area contributed by atoms with E-state index in [4.69, 9.17) is 0 Å². The molecule has 1 saturated heterocycles. The van der Waals surface area contributed by atoms with Crippen molar-refractivity contribution in [1.82, 2.24) is 4.90 Å². The Balaban J connectivity index is 2.39. The third-order valence-corrected chi connectivity index (χ3v) is 2.13. The maximum atomic E-state index is 11.8. The van der Waals surface area contributed by atoms with Gasteiger partial charge in [0.05, 0.1) is 18.7 Å². The lowest BCUT2D eigenvalue weighted by atomic mass is 9.91. The van der Waals surface area contributed by atoms with Gasteiger partial charge in [-0.25, -0.2) is 0 Å². The van der Waals surface area contributed by atoms with Crippen molar-refractivity contribution in [2.75, 3.05) is 13.1 Å². The Morgan fingerprint density at radius 2 is 2.17 bits per heavy atom. The lowest BCUT2D eigenvalue weighted by Crippen LogP contribution is -2.64. The summed E-state index contributed by atoms with van der Waals surface area (Å²) < 4.78 is 23.6. The smallest absolute Gasteiger partial charge is 0.315 e. The van der Waals surface area contributed by atoms with E-state index in [0.717, 1.165) is 4.90 Å². The molecule has 1 rings (SSSR count). The highest BCUT2D eigenvalue weighted by atomic mass is 19.3. The van der Waals surface area contributed by atoms with Crippen molar-refractivity contribution in [2.24, 2.45) is 0 Å². The molecule has 0 aromatic carbocycles. The molecule has 0 radical (unpaired) electrons. The maximum absolute atomic E-state index is 11.8. The number of carbonyl (C=O) groups is 1. The lowest BCUT2D eigenvalue weighted by Gasteiger charge is -2.45. The molecule has 1 aliphatic rings. The van der Waals surface area contributed by atoms with Crippen LogP contribution < -0.4 is 0 Å². The van der Waals surface area contributed by atoms with Crippen molar-refractivity contribution < 1.29 is 18.7 Å². The zero-order valence-corrected chi connectivity index (χ0v) is 6.76. The minimum atomic E-state index is -2.95. The molecule has 1 fully saturated rings. The molecule has 0 saturated carbocycles. The van der Waals surface area contributed by atoms with Crippen LogP contribution in [-0.4, -0.2) is 41.0 Å². The number of hydrogen-bond acceptors (Lipinski definition) is 2. The molecule has 0 atom stereocenters. The first-order valence-corrected chi connectivity index (χ1v) is 3.78. The monoisotopic (exact) mass is 179 g/mol. The first-order valence-electron chi connectivity index (χ1n) is 3.78. The van der Waals surface area contributed by atoms with Crippen molar-refractivity contribution in [3.05, 3.63) is 0 Å². The van der Waals surface area contributed by atoms with Gasteiger partial charge < -0.3 is 10.0 Å². The van der Waals surface area contributed by atoms with Gasteiger partial charge in [0.15, 0.2) is 0 Å². The van der Waals surface area contributed by atoms with E-state index in [2.05, 4.69) is 0 Å². The van der Waals surface area contributed by atoms with Crippen molar-refractivity contribution >= 4 is 5.91 Å². The van der Waals surface area contributed by atoms with Crippen LogP contribution in [0.4, 0.5) is 8.78 Å². The Labute approximate surface area is 69.0 Å². The first kappa shape index (κ1) is 9.38. The van der Waals surface area contributed by atoms with E-state index < -0.39 is 17.9 Å². The number of carbonyl (C=O) groups excluding carboxylic acids is 1. The van der Waals surface area contributed by atoms with E-state index in [1.54, 1.807) is 6.92 Å². The van der Waals surface area contributed by atoms with E-state index in [9.17, 15) is 18.7 Å². The summed E-state index contributed by atoms with van der Waals surface area (Å²) in [6, 6.07) is 0. The standard InChI is InChI=1S/C7H11F2NO2/c1-2-7(12)3-10(4-7)6(11)5(8)9/h5,12H,2-4H2,1H3. The fourth-order valence-corrected chi connectivity index (χ4v) is 1.18. The molecule has 12 heavy (non-hydrogen) atoms. The SMILES string of the molecule is CCC1(O)CN(C(=O)C(F)F)C1. The van der Waals surface area contributed by atoms with Crippen LogP contribution in [0.2, 0.25) is 0 Å². The summed E-state index contributed by atoms with van der Waals surface area (Å²) in [5.41, 5.74) is -0.926. The lowest BCUT2D eigenvalue weighted by molar-refractivity contribution is -0.166. The van der Waals surface area contributed by atoms with Crippen molar-refractivity contribution in [3.63, 3.8) is 0 Å². The van der Waals surface area contributed by atoms with Crippen LogP contribution in [0, 0.1) is 0 Å². The maximum Gasteiger partial charge on any atom is 0.315 e. The quantitative estimate of drug-likeness (QED) is 0.659. The Morgan fingerprint density at radius 3 is 2.50 bits per heavy atom. The molecule has 5 heteroatoms. The zero-order valence-electron chi connectivity index (χ0n) is 6.76. The summed E-state index contributed by atoms with van der Waals surface area (Å²) in [7, 11) is 0. The molecule has 3 nitrogen and oxygen atoms in total. The van der Waals surface area contributed by atoms with Crippen LogP contribution in [0.5, 0.6) is 0 Å². The molecule has 0 aromatic rings. The molecular formula is C7H11F2NO2. The van der Waals surface area contributed by atoms with Crippen LogP contribution in [0.25, 0.3) is 0 Å². The third-order valence-electron chi connectivity index (χ3n) is 2.13. The highest BCUT2D eigenvalue weighted by molar-refractivity contribution is 5.80. The van der Waals surface area contributed by atoms with Gasteiger partial charge in [0, 0.05) is 0 Å². The number of β-amino-alcohol motifs (C(OH)–C–C–N with tert-alkyl or cyclic N) is 1. The fourth-order valence-electron chi connectivity index (χ4n) is 1.18. The van der Waals surface area contributed by atoms with Gasteiger partial charge in [-0.3, -0.25) is 4.79 Å². The number of hydrogen-bond donors (Lipinski definition) is 1. The average molecular weight is 179 g/mol. The predicted molar refractivity (Wildman–Crippen MR) is 37.8 cm³/mol. The molecule has 1 aliphatic heterocycles. The topological polar surface area (TPSA) is 40.5 Å². The second-order valence-electron chi connectivity index (χ2n) is 3.07. The van der Waals surface area contributed by atoms with E-state index in [1.807, 2.05) is 0 Å². The van der Waals surface area contributed by atoms with Crippen LogP contribution in [0.15, 0.2) is 0 Å². The number of rotatable bonds is 2. The Hall–Kier alpha value is -0.710. The highest BCUT2D eigenvalue weighted by Crippen LogP contribution is 2.24. The first-order chi connectivity index (χ1) is 5.48. The van der Waals surface area contributed by atoms with Crippen molar-refractivity contribution in [2.45, 2.75) is 25.4 Å². The van der Waals surface area contributed by atoms with Gasteiger partial charge >= 0.3 is 6.43 Å². The largest absolute Gasteiger partial charge is 0.386 e.